The van der Waals surface area contributed by atoms with Gasteiger partial charge < -0.3 is 14.8 Å². The van der Waals surface area contributed by atoms with Crippen molar-refractivity contribution in [3.63, 3.8) is 0 Å². The van der Waals surface area contributed by atoms with E-state index in [9.17, 15) is 0 Å². The van der Waals surface area contributed by atoms with Gasteiger partial charge in [-0.2, -0.15) is 0 Å². The van der Waals surface area contributed by atoms with Gasteiger partial charge in [0.15, 0.2) is 0 Å². The van der Waals surface area contributed by atoms with Crippen LogP contribution in [0.3, 0.4) is 0 Å². The predicted molar refractivity (Wildman–Crippen MR) is 81.1 cm³/mol. The zero-order valence-electron chi connectivity index (χ0n) is 11.7. The summed E-state index contributed by atoms with van der Waals surface area (Å²) in [6.07, 6.45) is 2.30. The van der Waals surface area contributed by atoms with E-state index in [2.05, 4.69) is 19.2 Å². The molecular formula is C14H24BrNO2. The summed E-state index contributed by atoms with van der Waals surface area (Å²) in [5.74, 6) is 1.70. The maximum absolute atomic E-state index is 5.37. The van der Waals surface area contributed by atoms with Gasteiger partial charge in [-0.05, 0) is 18.9 Å². The van der Waals surface area contributed by atoms with E-state index in [-0.39, 0.29) is 17.0 Å². The minimum atomic E-state index is 0. The molecule has 0 heterocycles. The molecule has 0 bridgehead atoms. The van der Waals surface area contributed by atoms with Gasteiger partial charge in [-0.15, -0.1) is 17.0 Å². The number of rotatable bonds is 7. The zero-order valence-corrected chi connectivity index (χ0v) is 13.4. The molecule has 4 heteroatoms. The van der Waals surface area contributed by atoms with Crippen LogP contribution in [0.4, 0.5) is 0 Å². The molecule has 0 aliphatic rings. The smallest absolute Gasteiger partial charge is 0.127 e. The number of hydrogen-bond acceptors (Lipinski definition) is 3. The van der Waals surface area contributed by atoms with Crippen LogP contribution in [-0.2, 0) is 6.54 Å². The van der Waals surface area contributed by atoms with Crippen LogP contribution in [0.1, 0.15) is 32.3 Å². The first-order valence-electron chi connectivity index (χ1n) is 6.19. The number of ether oxygens (including phenoxy) is 2. The van der Waals surface area contributed by atoms with E-state index in [4.69, 9.17) is 9.47 Å². The highest BCUT2D eigenvalue weighted by Crippen LogP contribution is 2.24. The molecule has 0 saturated heterocycles. The fourth-order valence-corrected chi connectivity index (χ4v) is 1.83. The Hall–Kier alpha value is -0.740. The Morgan fingerprint density at radius 3 is 2.28 bits per heavy atom. The molecule has 0 aliphatic heterocycles. The standard InChI is InChI=1S/C14H23NO2.BrH/c1-5-12(6-2)15-10-11-7-8-13(16-3)9-14(11)17-4;/h7-9,12,15H,5-6,10H2,1-4H3;1H. The first-order chi connectivity index (χ1) is 8.24. The third-order valence-corrected chi connectivity index (χ3v) is 3.06. The van der Waals surface area contributed by atoms with E-state index in [0.717, 1.165) is 30.9 Å². The van der Waals surface area contributed by atoms with Crippen molar-refractivity contribution < 1.29 is 9.47 Å². The van der Waals surface area contributed by atoms with Crippen LogP contribution in [0.15, 0.2) is 18.2 Å². The lowest BCUT2D eigenvalue weighted by Gasteiger charge is -2.16. The molecule has 1 aromatic rings. The average Bonchev–Trinajstić information content (AvgIpc) is 2.39. The molecule has 3 nitrogen and oxygen atoms in total. The highest BCUT2D eigenvalue weighted by atomic mass is 79.9. The maximum Gasteiger partial charge on any atom is 0.127 e. The lowest BCUT2D eigenvalue weighted by Crippen LogP contribution is -2.27. The third kappa shape index (κ3) is 4.86. The first-order valence-corrected chi connectivity index (χ1v) is 6.19. The van der Waals surface area contributed by atoms with Crippen molar-refractivity contribution in [2.24, 2.45) is 0 Å². The Labute approximate surface area is 121 Å². The molecule has 1 aromatic carbocycles. The summed E-state index contributed by atoms with van der Waals surface area (Å²) in [7, 11) is 3.35. The van der Waals surface area contributed by atoms with Crippen molar-refractivity contribution in [2.75, 3.05) is 14.2 Å². The topological polar surface area (TPSA) is 30.5 Å². The fraction of sp³-hybridized carbons (Fsp3) is 0.571. The molecule has 0 fully saturated rings. The minimum Gasteiger partial charge on any atom is -0.497 e. The molecule has 104 valence electrons. The number of benzene rings is 1. The van der Waals surface area contributed by atoms with Gasteiger partial charge in [0.25, 0.3) is 0 Å². The summed E-state index contributed by atoms with van der Waals surface area (Å²) < 4.78 is 10.5. The highest BCUT2D eigenvalue weighted by molar-refractivity contribution is 8.93. The first kappa shape index (κ1) is 17.3. The van der Waals surface area contributed by atoms with E-state index in [1.54, 1.807) is 14.2 Å². The van der Waals surface area contributed by atoms with Gasteiger partial charge in [-0.25, -0.2) is 0 Å². The third-order valence-electron chi connectivity index (χ3n) is 3.06. The summed E-state index contributed by atoms with van der Waals surface area (Å²) in [5.41, 5.74) is 1.17. The Balaban J connectivity index is 0.00000289. The summed E-state index contributed by atoms with van der Waals surface area (Å²) in [5, 5.41) is 3.53. The fourth-order valence-electron chi connectivity index (χ4n) is 1.83. The number of hydrogen-bond donors (Lipinski definition) is 1. The molecular weight excluding hydrogens is 294 g/mol. The summed E-state index contributed by atoms with van der Waals surface area (Å²) in [4.78, 5) is 0. The molecule has 0 spiro atoms. The Bertz CT molecular complexity index is 341. The van der Waals surface area contributed by atoms with E-state index >= 15 is 0 Å². The lowest BCUT2D eigenvalue weighted by atomic mass is 10.1. The largest absolute Gasteiger partial charge is 0.497 e. The summed E-state index contributed by atoms with van der Waals surface area (Å²) >= 11 is 0. The van der Waals surface area contributed by atoms with Gasteiger partial charge in [-0.3, -0.25) is 0 Å². The van der Waals surface area contributed by atoms with Crippen molar-refractivity contribution >= 4 is 17.0 Å². The van der Waals surface area contributed by atoms with Crippen LogP contribution in [0, 0.1) is 0 Å². The van der Waals surface area contributed by atoms with E-state index in [1.807, 2.05) is 18.2 Å². The van der Waals surface area contributed by atoms with Crippen molar-refractivity contribution in [3.8, 4) is 11.5 Å². The zero-order chi connectivity index (χ0) is 12.7. The van der Waals surface area contributed by atoms with Gasteiger partial charge >= 0.3 is 0 Å². The Morgan fingerprint density at radius 1 is 1.11 bits per heavy atom. The summed E-state index contributed by atoms with van der Waals surface area (Å²) in [6, 6.07) is 6.51. The SMILES string of the molecule is Br.CCC(CC)NCc1ccc(OC)cc1OC. The molecule has 0 radical (unpaired) electrons. The van der Waals surface area contributed by atoms with Crippen molar-refractivity contribution in [1.29, 1.82) is 0 Å². The predicted octanol–water partition coefficient (Wildman–Crippen LogP) is 3.56. The van der Waals surface area contributed by atoms with Crippen molar-refractivity contribution in [3.05, 3.63) is 23.8 Å². The van der Waals surface area contributed by atoms with Crippen LogP contribution >= 0.6 is 17.0 Å². The van der Waals surface area contributed by atoms with Crippen LogP contribution in [0.25, 0.3) is 0 Å². The maximum atomic E-state index is 5.37. The van der Waals surface area contributed by atoms with Gasteiger partial charge in [0.2, 0.25) is 0 Å². The quantitative estimate of drug-likeness (QED) is 0.834. The Kier molecular flexibility index (Phi) is 8.85. The molecule has 0 aromatic heterocycles. The van der Waals surface area contributed by atoms with E-state index in [0.29, 0.717) is 6.04 Å². The minimum absolute atomic E-state index is 0. The Morgan fingerprint density at radius 2 is 1.78 bits per heavy atom. The number of methoxy groups -OCH3 is 2. The molecule has 0 amide bonds. The average molecular weight is 318 g/mol. The lowest BCUT2D eigenvalue weighted by molar-refractivity contribution is 0.387. The molecule has 1 rings (SSSR count). The van der Waals surface area contributed by atoms with Crippen molar-refractivity contribution in [2.45, 2.75) is 39.3 Å². The van der Waals surface area contributed by atoms with Crippen LogP contribution in [0.2, 0.25) is 0 Å². The summed E-state index contributed by atoms with van der Waals surface area (Å²) in [6.45, 7) is 5.23. The van der Waals surface area contributed by atoms with Gasteiger partial charge in [0.05, 0.1) is 14.2 Å². The van der Waals surface area contributed by atoms with Crippen LogP contribution in [-0.4, -0.2) is 20.3 Å². The molecule has 18 heavy (non-hydrogen) atoms. The number of nitrogens with one attached hydrogen (secondary N) is 1. The van der Waals surface area contributed by atoms with E-state index < -0.39 is 0 Å². The van der Waals surface area contributed by atoms with E-state index in [1.165, 1.54) is 5.56 Å². The second-order valence-electron chi connectivity index (χ2n) is 4.07. The second kappa shape index (κ2) is 9.22. The number of halogens is 1. The van der Waals surface area contributed by atoms with Crippen LogP contribution in [0.5, 0.6) is 11.5 Å². The molecule has 0 atom stereocenters. The normalized spacial score (nSPS) is 10.1. The second-order valence-corrected chi connectivity index (χ2v) is 4.07. The van der Waals surface area contributed by atoms with Crippen molar-refractivity contribution in [1.82, 2.24) is 5.32 Å². The molecule has 0 aliphatic carbocycles. The molecule has 0 saturated carbocycles. The van der Waals surface area contributed by atoms with Crippen LogP contribution < -0.4 is 14.8 Å². The van der Waals surface area contributed by atoms with Gasteiger partial charge in [0, 0.05) is 24.2 Å². The molecule has 1 N–H and O–H groups in total. The monoisotopic (exact) mass is 317 g/mol. The van der Waals surface area contributed by atoms with Gasteiger partial charge in [-0.1, -0.05) is 19.9 Å². The van der Waals surface area contributed by atoms with Gasteiger partial charge in [0.1, 0.15) is 11.5 Å². The highest BCUT2D eigenvalue weighted by Gasteiger charge is 2.07. The molecule has 0 unspecified atom stereocenters.